The minimum Gasteiger partial charge on any atom is -0.486 e. The van der Waals surface area contributed by atoms with E-state index in [1.165, 1.54) is 11.5 Å². The second-order valence-corrected chi connectivity index (χ2v) is 6.29. The monoisotopic (exact) mass is 309 g/mol. The summed E-state index contributed by atoms with van der Waals surface area (Å²) in [6.45, 7) is 3.21. The Kier molecular flexibility index (Phi) is 3.98. The molecule has 0 saturated heterocycles. The predicted octanol–water partition coefficient (Wildman–Crippen LogP) is 2.75. The van der Waals surface area contributed by atoms with Gasteiger partial charge < -0.3 is 15.2 Å². The van der Waals surface area contributed by atoms with Gasteiger partial charge in [-0.1, -0.05) is 18.7 Å². The van der Waals surface area contributed by atoms with Gasteiger partial charge in [0.25, 0.3) is 0 Å². The van der Waals surface area contributed by atoms with Gasteiger partial charge in [-0.15, -0.1) is 0 Å². The molecule has 106 valence electrons. The molecule has 3 rings (SSSR count). The molecule has 0 radical (unpaired) electrons. The zero-order chi connectivity index (χ0) is 13.9. The van der Waals surface area contributed by atoms with Crippen molar-refractivity contribution in [2.24, 2.45) is 0 Å². The van der Waals surface area contributed by atoms with Crippen LogP contribution in [0.5, 0.6) is 11.5 Å². The second kappa shape index (κ2) is 5.88. The molecule has 0 unspecified atom stereocenters. The Morgan fingerprint density at radius 2 is 2.05 bits per heavy atom. The van der Waals surface area contributed by atoms with E-state index in [9.17, 15) is 0 Å². The van der Waals surface area contributed by atoms with Gasteiger partial charge in [0, 0.05) is 23.9 Å². The number of hydrogen-bond donors (Lipinski definition) is 1. The average Bonchev–Trinajstić information content (AvgIpc) is 2.93. The molecular weight excluding hydrogens is 294 g/mol. The molecule has 1 aliphatic rings. The van der Waals surface area contributed by atoms with Crippen LogP contribution in [0.2, 0.25) is 0 Å². The lowest BCUT2D eigenvalue weighted by Crippen LogP contribution is -2.15. The molecule has 5 nitrogen and oxygen atoms in total. The highest BCUT2D eigenvalue weighted by Crippen LogP contribution is 2.36. The summed E-state index contributed by atoms with van der Waals surface area (Å²) in [7, 11) is 0. The number of rotatable bonds is 4. The molecule has 7 heteroatoms. The van der Waals surface area contributed by atoms with Crippen LogP contribution in [0.4, 0.5) is 5.69 Å². The lowest BCUT2D eigenvalue weighted by atomic mass is 10.2. The lowest BCUT2D eigenvalue weighted by Gasteiger charge is -2.20. The van der Waals surface area contributed by atoms with Gasteiger partial charge in [0.1, 0.15) is 19.0 Å². The molecule has 1 aromatic heterocycles. The van der Waals surface area contributed by atoms with Gasteiger partial charge in [0.05, 0.1) is 0 Å². The van der Waals surface area contributed by atoms with Crippen molar-refractivity contribution in [2.75, 3.05) is 18.9 Å². The summed E-state index contributed by atoms with van der Waals surface area (Å²) in [5.74, 6) is 3.15. The van der Waals surface area contributed by atoms with Crippen LogP contribution in [0.25, 0.3) is 0 Å². The zero-order valence-corrected chi connectivity index (χ0v) is 12.7. The van der Waals surface area contributed by atoms with Crippen LogP contribution in [-0.4, -0.2) is 22.6 Å². The van der Waals surface area contributed by atoms with E-state index in [0.717, 1.165) is 45.1 Å². The largest absolute Gasteiger partial charge is 0.486 e. The molecular formula is C13H15N3O2S2. The van der Waals surface area contributed by atoms with Crippen LogP contribution >= 0.6 is 23.3 Å². The third-order valence-corrected chi connectivity index (χ3v) is 4.84. The third-order valence-electron chi connectivity index (χ3n) is 2.92. The summed E-state index contributed by atoms with van der Waals surface area (Å²) in [5.41, 5.74) is 7.82. The van der Waals surface area contributed by atoms with E-state index >= 15 is 0 Å². The quantitative estimate of drug-likeness (QED) is 0.692. The van der Waals surface area contributed by atoms with Crippen molar-refractivity contribution in [3.05, 3.63) is 23.5 Å². The van der Waals surface area contributed by atoms with Crippen LogP contribution in [0.3, 0.4) is 0 Å². The first-order chi connectivity index (χ1) is 9.76. The van der Waals surface area contributed by atoms with E-state index in [0.29, 0.717) is 13.2 Å². The van der Waals surface area contributed by atoms with E-state index in [4.69, 9.17) is 15.2 Å². The summed E-state index contributed by atoms with van der Waals surface area (Å²) < 4.78 is 16.3. The minimum absolute atomic E-state index is 0.575. The van der Waals surface area contributed by atoms with Crippen LogP contribution in [0, 0.1) is 0 Å². The van der Waals surface area contributed by atoms with Crippen LogP contribution in [-0.2, 0) is 12.2 Å². The molecule has 1 aromatic carbocycles. The van der Waals surface area contributed by atoms with Crippen molar-refractivity contribution < 1.29 is 9.47 Å². The maximum absolute atomic E-state index is 6.06. The number of ether oxygens (including phenoxy) is 2. The van der Waals surface area contributed by atoms with Gasteiger partial charge in [0.2, 0.25) is 0 Å². The summed E-state index contributed by atoms with van der Waals surface area (Å²) >= 11 is 3.08. The number of hydrogen-bond acceptors (Lipinski definition) is 7. The fraction of sp³-hybridized carbons (Fsp3) is 0.385. The van der Waals surface area contributed by atoms with Crippen molar-refractivity contribution in [2.45, 2.75) is 23.4 Å². The maximum atomic E-state index is 6.06. The Morgan fingerprint density at radius 3 is 2.75 bits per heavy atom. The van der Waals surface area contributed by atoms with Crippen molar-refractivity contribution in [3.63, 3.8) is 0 Å². The first-order valence-corrected chi connectivity index (χ1v) is 8.15. The van der Waals surface area contributed by atoms with E-state index in [2.05, 4.69) is 16.3 Å². The van der Waals surface area contributed by atoms with Crippen molar-refractivity contribution in [1.82, 2.24) is 9.36 Å². The zero-order valence-electron chi connectivity index (χ0n) is 11.1. The number of nitrogen functional groups attached to an aromatic ring is 1. The van der Waals surface area contributed by atoms with E-state index in [1.807, 2.05) is 12.1 Å². The molecule has 0 atom stereocenters. The van der Waals surface area contributed by atoms with E-state index in [1.54, 1.807) is 11.8 Å². The van der Waals surface area contributed by atoms with E-state index < -0.39 is 0 Å². The average molecular weight is 309 g/mol. The Hall–Kier alpha value is -1.47. The Balaban J connectivity index is 1.73. The number of nitrogens with zero attached hydrogens (tertiary/aromatic N) is 2. The normalized spacial score (nSPS) is 13.4. The topological polar surface area (TPSA) is 70.3 Å². The number of thioether (sulfide) groups is 1. The number of aromatic nitrogens is 2. The van der Waals surface area contributed by atoms with Gasteiger partial charge >= 0.3 is 0 Å². The number of nitrogens with two attached hydrogens (primary N) is 1. The molecule has 20 heavy (non-hydrogen) atoms. The number of fused-ring (bicyclic) bond motifs is 1. The van der Waals surface area contributed by atoms with E-state index in [-0.39, 0.29) is 0 Å². The smallest absolute Gasteiger partial charge is 0.170 e. The molecule has 0 amide bonds. The highest BCUT2D eigenvalue weighted by atomic mass is 32.2. The highest BCUT2D eigenvalue weighted by molar-refractivity contribution is 8.00. The second-order valence-electron chi connectivity index (χ2n) is 4.31. The number of anilines is 1. The molecule has 0 fully saturated rings. The lowest BCUT2D eigenvalue weighted by molar-refractivity contribution is 0.171. The Bertz CT molecular complexity index is 616. The molecule has 2 N–H and O–H groups in total. The Labute approximate surface area is 125 Å². The van der Waals surface area contributed by atoms with Crippen molar-refractivity contribution >= 4 is 29.0 Å². The molecule has 1 aliphatic heterocycles. The van der Waals surface area contributed by atoms with Crippen molar-refractivity contribution in [3.8, 4) is 11.5 Å². The van der Waals surface area contributed by atoms with Crippen LogP contribution in [0.15, 0.2) is 16.5 Å². The molecule has 0 aliphatic carbocycles. The fourth-order valence-corrected chi connectivity index (χ4v) is 3.55. The summed E-state index contributed by atoms with van der Waals surface area (Å²) in [5, 5.41) is 0. The molecule has 0 saturated carbocycles. The summed E-state index contributed by atoms with van der Waals surface area (Å²) in [4.78, 5) is 4.43. The highest BCUT2D eigenvalue weighted by Gasteiger charge is 2.15. The first kappa shape index (κ1) is 13.5. The predicted molar refractivity (Wildman–Crippen MR) is 80.7 cm³/mol. The van der Waals surface area contributed by atoms with Gasteiger partial charge in [0.15, 0.2) is 15.8 Å². The summed E-state index contributed by atoms with van der Waals surface area (Å²) in [6, 6.07) is 3.79. The standard InChI is InChI=1S/C13H15N3O2S2/c1-2-12-15-13(20-16-12)19-7-8-5-10-11(6-9(8)14)18-4-3-17-10/h5-6H,2-4,7,14H2,1H3. The van der Waals surface area contributed by atoms with Crippen molar-refractivity contribution in [1.29, 1.82) is 0 Å². The number of benzene rings is 1. The number of aryl methyl sites for hydroxylation is 1. The van der Waals surface area contributed by atoms with Crippen LogP contribution < -0.4 is 15.2 Å². The van der Waals surface area contributed by atoms with Gasteiger partial charge in [-0.25, -0.2) is 4.98 Å². The Morgan fingerprint density at radius 1 is 1.30 bits per heavy atom. The first-order valence-electron chi connectivity index (χ1n) is 6.39. The summed E-state index contributed by atoms with van der Waals surface area (Å²) in [6.07, 6.45) is 0.864. The molecule has 2 aromatic rings. The fourth-order valence-electron chi connectivity index (χ4n) is 1.85. The molecule has 2 heterocycles. The SMILES string of the molecule is CCc1nsc(SCc2cc3c(cc2N)OCCO3)n1. The molecule has 0 spiro atoms. The third kappa shape index (κ3) is 2.83. The van der Waals surface area contributed by atoms with Gasteiger partial charge in [-0.05, 0) is 23.2 Å². The molecule has 0 bridgehead atoms. The van der Waals surface area contributed by atoms with Crippen LogP contribution in [0.1, 0.15) is 18.3 Å². The minimum atomic E-state index is 0.575. The van der Waals surface area contributed by atoms with Gasteiger partial charge in [-0.2, -0.15) is 4.37 Å². The maximum Gasteiger partial charge on any atom is 0.170 e. The van der Waals surface area contributed by atoms with Gasteiger partial charge in [-0.3, -0.25) is 0 Å².